The van der Waals surface area contributed by atoms with Gasteiger partial charge in [0.05, 0.1) is 0 Å². The highest BCUT2D eigenvalue weighted by Crippen LogP contribution is 2.29. The molecule has 0 spiro atoms. The van der Waals surface area contributed by atoms with Crippen LogP contribution < -0.4 is 5.32 Å². The van der Waals surface area contributed by atoms with Gasteiger partial charge in [0.15, 0.2) is 0 Å². The average Bonchev–Trinajstić information content (AvgIpc) is 2.16. The molecule has 1 rings (SSSR count). The van der Waals surface area contributed by atoms with E-state index in [9.17, 15) is 0 Å². The minimum atomic E-state index is 0.775. The minimum absolute atomic E-state index is 0.775. The highest BCUT2D eigenvalue weighted by molar-refractivity contribution is 4.82. The van der Waals surface area contributed by atoms with E-state index < -0.39 is 0 Å². The van der Waals surface area contributed by atoms with Gasteiger partial charge in [0, 0.05) is 12.1 Å². The predicted octanol–water partition coefficient (Wildman–Crippen LogP) is 4.37. The van der Waals surface area contributed by atoms with Gasteiger partial charge in [-0.15, -0.1) is 0 Å². The summed E-state index contributed by atoms with van der Waals surface area (Å²) in [5, 5.41) is 3.92. The molecule has 1 aliphatic carbocycles. The summed E-state index contributed by atoms with van der Waals surface area (Å²) < 4.78 is 0. The molecule has 0 radical (unpaired) electrons. The first kappa shape index (κ1) is 14.0. The van der Waals surface area contributed by atoms with Crippen LogP contribution in [-0.4, -0.2) is 12.1 Å². The molecule has 2 unspecified atom stereocenters. The molecule has 0 amide bonds. The summed E-state index contributed by atoms with van der Waals surface area (Å²) >= 11 is 0. The van der Waals surface area contributed by atoms with Gasteiger partial charge < -0.3 is 5.32 Å². The molecule has 1 nitrogen and oxygen atoms in total. The lowest BCUT2D eigenvalue weighted by Gasteiger charge is -2.34. The maximum atomic E-state index is 3.92. The number of rotatable bonds is 6. The van der Waals surface area contributed by atoms with Crippen LogP contribution in [-0.2, 0) is 0 Å². The van der Waals surface area contributed by atoms with Crippen molar-refractivity contribution in [3.8, 4) is 0 Å². The van der Waals surface area contributed by atoms with Gasteiger partial charge in [-0.3, -0.25) is 0 Å². The summed E-state index contributed by atoms with van der Waals surface area (Å²) in [4.78, 5) is 0. The zero-order chi connectivity index (χ0) is 12.0. The summed E-state index contributed by atoms with van der Waals surface area (Å²) in [7, 11) is 0. The van der Waals surface area contributed by atoms with Crippen LogP contribution in [0.5, 0.6) is 0 Å². The normalized spacial score (nSPS) is 30.9. The quantitative estimate of drug-likeness (QED) is 0.708. The molecule has 2 atom stereocenters. The Labute approximate surface area is 102 Å². The zero-order valence-electron chi connectivity index (χ0n) is 11.8. The molecule has 0 bridgehead atoms. The average molecular weight is 225 g/mol. The van der Waals surface area contributed by atoms with Gasteiger partial charge in [-0.25, -0.2) is 0 Å². The Kier molecular flexibility index (Phi) is 6.41. The first-order valence-electron chi connectivity index (χ1n) is 7.41. The summed E-state index contributed by atoms with van der Waals surface area (Å²) in [6.07, 6.45) is 9.57. The Balaban J connectivity index is 2.37. The lowest BCUT2D eigenvalue weighted by atomic mass is 9.80. The zero-order valence-corrected chi connectivity index (χ0v) is 11.8. The molecule has 0 heterocycles. The summed E-state index contributed by atoms with van der Waals surface area (Å²) in [5.41, 5.74) is 0. The van der Waals surface area contributed by atoms with Crippen LogP contribution in [0.15, 0.2) is 0 Å². The molecule has 96 valence electrons. The van der Waals surface area contributed by atoms with E-state index in [-0.39, 0.29) is 0 Å². The van der Waals surface area contributed by atoms with Crippen LogP contribution in [0.4, 0.5) is 0 Å². The van der Waals surface area contributed by atoms with Crippen LogP contribution in [0, 0.1) is 11.8 Å². The van der Waals surface area contributed by atoms with E-state index >= 15 is 0 Å². The van der Waals surface area contributed by atoms with Crippen molar-refractivity contribution in [3.63, 3.8) is 0 Å². The molecule has 0 saturated heterocycles. The number of hydrogen-bond donors (Lipinski definition) is 1. The van der Waals surface area contributed by atoms with Crippen LogP contribution in [0.2, 0.25) is 0 Å². The monoisotopic (exact) mass is 225 g/mol. The molecule has 1 heteroatoms. The maximum absolute atomic E-state index is 3.92. The van der Waals surface area contributed by atoms with E-state index in [1.165, 1.54) is 44.9 Å². The molecular formula is C15H31N. The van der Waals surface area contributed by atoms with Crippen molar-refractivity contribution in [2.75, 3.05) is 0 Å². The largest absolute Gasteiger partial charge is 0.311 e. The molecule has 0 aromatic rings. The van der Waals surface area contributed by atoms with Crippen LogP contribution in [0.1, 0.15) is 72.6 Å². The Hall–Kier alpha value is -0.0400. The minimum Gasteiger partial charge on any atom is -0.311 e. The summed E-state index contributed by atoms with van der Waals surface area (Å²) in [5.74, 6) is 1.84. The van der Waals surface area contributed by atoms with Gasteiger partial charge in [-0.1, -0.05) is 40.5 Å². The van der Waals surface area contributed by atoms with Crippen molar-refractivity contribution >= 4 is 0 Å². The van der Waals surface area contributed by atoms with E-state index in [0.717, 1.165) is 23.9 Å². The van der Waals surface area contributed by atoms with Crippen LogP contribution in [0.3, 0.4) is 0 Å². The van der Waals surface area contributed by atoms with E-state index in [1.54, 1.807) is 0 Å². The third-order valence-electron chi connectivity index (χ3n) is 3.92. The van der Waals surface area contributed by atoms with Crippen LogP contribution >= 0.6 is 0 Å². The van der Waals surface area contributed by atoms with Crippen molar-refractivity contribution in [2.45, 2.75) is 84.7 Å². The number of hydrogen-bond acceptors (Lipinski definition) is 1. The van der Waals surface area contributed by atoms with Gasteiger partial charge >= 0.3 is 0 Å². The van der Waals surface area contributed by atoms with E-state index in [1.807, 2.05) is 0 Å². The van der Waals surface area contributed by atoms with E-state index in [4.69, 9.17) is 0 Å². The van der Waals surface area contributed by atoms with Gasteiger partial charge in [0.2, 0.25) is 0 Å². The second-order valence-corrected chi connectivity index (χ2v) is 6.06. The van der Waals surface area contributed by atoms with Crippen LogP contribution in [0.25, 0.3) is 0 Å². The van der Waals surface area contributed by atoms with E-state index in [2.05, 4.69) is 33.0 Å². The van der Waals surface area contributed by atoms with Crippen molar-refractivity contribution in [2.24, 2.45) is 11.8 Å². The summed E-state index contributed by atoms with van der Waals surface area (Å²) in [6.45, 7) is 9.44. The molecule has 16 heavy (non-hydrogen) atoms. The van der Waals surface area contributed by atoms with Gasteiger partial charge in [-0.2, -0.15) is 0 Å². The Bertz CT molecular complexity index is 162. The van der Waals surface area contributed by atoms with Crippen molar-refractivity contribution < 1.29 is 0 Å². The first-order valence-corrected chi connectivity index (χ1v) is 7.41. The highest BCUT2D eigenvalue weighted by Gasteiger charge is 2.25. The SMILES string of the molecule is CCCC(CCC)NC1CC(C)CC(C)C1. The molecule has 1 N–H and O–H groups in total. The second-order valence-electron chi connectivity index (χ2n) is 6.06. The maximum Gasteiger partial charge on any atom is 0.00747 e. The molecular weight excluding hydrogens is 194 g/mol. The fourth-order valence-electron chi connectivity index (χ4n) is 3.42. The Morgan fingerprint density at radius 1 is 0.938 bits per heavy atom. The lowest BCUT2D eigenvalue weighted by Crippen LogP contribution is -2.42. The van der Waals surface area contributed by atoms with Gasteiger partial charge in [-0.05, 0) is 43.9 Å². The fourth-order valence-corrected chi connectivity index (χ4v) is 3.42. The molecule has 1 fully saturated rings. The standard InChI is InChI=1S/C15H31N/c1-5-7-14(8-6-2)16-15-10-12(3)9-13(4)11-15/h12-16H,5-11H2,1-4H3. The molecule has 0 aliphatic heterocycles. The van der Waals surface area contributed by atoms with Gasteiger partial charge in [0.25, 0.3) is 0 Å². The molecule has 1 aliphatic rings. The number of nitrogens with one attached hydrogen (secondary N) is 1. The predicted molar refractivity (Wildman–Crippen MR) is 72.7 cm³/mol. The molecule has 1 saturated carbocycles. The topological polar surface area (TPSA) is 12.0 Å². The third kappa shape index (κ3) is 4.86. The van der Waals surface area contributed by atoms with E-state index in [0.29, 0.717) is 0 Å². The molecule has 0 aromatic carbocycles. The Morgan fingerprint density at radius 3 is 1.88 bits per heavy atom. The van der Waals surface area contributed by atoms with Crippen molar-refractivity contribution in [1.82, 2.24) is 5.32 Å². The lowest BCUT2D eigenvalue weighted by molar-refractivity contribution is 0.219. The smallest absolute Gasteiger partial charge is 0.00747 e. The fraction of sp³-hybridized carbons (Fsp3) is 1.00. The van der Waals surface area contributed by atoms with Crippen molar-refractivity contribution in [1.29, 1.82) is 0 Å². The molecule has 0 aromatic heterocycles. The first-order chi connectivity index (χ1) is 7.65. The summed E-state index contributed by atoms with van der Waals surface area (Å²) in [6, 6.07) is 1.57. The highest BCUT2D eigenvalue weighted by atomic mass is 15.0. The third-order valence-corrected chi connectivity index (χ3v) is 3.92. The Morgan fingerprint density at radius 2 is 1.44 bits per heavy atom. The van der Waals surface area contributed by atoms with Crippen molar-refractivity contribution in [3.05, 3.63) is 0 Å². The second kappa shape index (κ2) is 7.32. The van der Waals surface area contributed by atoms with Gasteiger partial charge in [0.1, 0.15) is 0 Å².